The first-order valence-electron chi connectivity index (χ1n) is 10.3. The molecule has 1 aromatic heterocycles. The lowest BCUT2D eigenvalue weighted by Crippen LogP contribution is -2.38. The van der Waals surface area contributed by atoms with Crippen molar-refractivity contribution >= 4 is 23.8 Å². The van der Waals surface area contributed by atoms with Crippen molar-refractivity contribution in [3.05, 3.63) is 88.3 Å². The van der Waals surface area contributed by atoms with Gasteiger partial charge in [0.05, 0.1) is 11.3 Å². The third-order valence-corrected chi connectivity index (χ3v) is 5.53. The summed E-state index contributed by atoms with van der Waals surface area (Å²) in [7, 11) is 0. The van der Waals surface area contributed by atoms with Gasteiger partial charge in [0.1, 0.15) is 12.4 Å². The predicted octanol–water partition coefficient (Wildman–Crippen LogP) is 3.37. The minimum Gasteiger partial charge on any atom is -0.488 e. The van der Waals surface area contributed by atoms with Gasteiger partial charge in [0.2, 0.25) is 5.95 Å². The number of hydrogen-bond donors (Lipinski definition) is 1. The maximum absolute atomic E-state index is 13.4. The summed E-state index contributed by atoms with van der Waals surface area (Å²) < 4.78 is 32.2. The number of nitrogens with one attached hydrogen (secondary N) is 1. The van der Waals surface area contributed by atoms with Gasteiger partial charge in [-0.15, -0.1) is 0 Å². The smallest absolute Gasteiger partial charge is 0.258 e. The van der Waals surface area contributed by atoms with Gasteiger partial charge in [-0.3, -0.25) is 14.9 Å². The molecule has 0 unspecified atom stereocenters. The molecule has 166 valence electrons. The summed E-state index contributed by atoms with van der Waals surface area (Å²) in [6, 6.07) is 10.4. The summed E-state index contributed by atoms with van der Waals surface area (Å²) in [6.45, 7) is 1.01. The van der Waals surface area contributed by atoms with E-state index in [4.69, 9.17) is 4.74 Å². The van der Waals surface area contributed by atoms with Gasteiger partial charge in [-0.2, -0.15) is 0 Å². The van der Waals surface area contributed by atoms with Crippen LogP contribution in [0.3, 0.4) is 0 Å². The molecule has 2 amide bonds. The number of benzene rings is 2. The van der Waals surface area contributed by atoms with Crippen molar-refractivity contribution in [3.63, 3.8) is 0 Å². The molecular weight excluding hydrogens is 430 g/mol. The largest absolute Gasteiger partial charge is 0.488 e. The summed E-state index contributed by atoms with van der Waals surface area (Å²) in [5.74, 6) is -2.08. The predicted molar refractivity (Wildman–Crippen MR) is 115 cm³/mol. The highest BCUT2D eigenvalue weighted by Gasteiger charge is 2.27. The van der Waals surface area contributed by atoms with Crippen molar-refractivity contribution < 1.29 is 23.1 Å². The number of amides is 2. The zero-order chi connectivity index (χ0) is 22.9. The molecule has 0 atom stereocenters. The molecular formula is C24H18F2N4O3. The Hall–Kier alpha value is -4.14. The number of ether oxygens (including phenoxy) is 1. The highest BCUT2D eigenvalue weighted by Crippen LogP contribution is 2.27. The van der Waals surface area contributed by atoms with Crippen molar-refractivity contribution in [2.24, 2.45) is 0 Å². The summed E-state index contributed by atoms with van der Waals surface area (Å²) in [5, 5.41) is 2.49. The standard InChI is InChI=1S/C24H18F2N4O3/c25-18-6-5-15(10-19(18)26)22(31)29-24-27-11-17-12-30(8-7-20(17)28-24)23(32)16-9-14-3-1-2-4-21(14)33-13-16/h1-6,9-11H,7-8,12-13H2,(H,27,28,29,31). The molecule has 1 N–H and O–H groups in total. The lowest BCUT2D eigenvalue weighted by molar-refractivity contribution is -0.128. The zero-order valence-corrected chi connectivity index (χ0v) is 17.3. The molecule has 5 rings (SSSR count). The Morgan fingerprint density at radius 1 is 1.09 bits per heavy atom. The Labute approximate surface area is 187 Å². The first-order valence-corrected chi connectivity index (χ1v) is 10.3. The number of carbonyl (C=O) groups is 2. The van der Waals surface area contributed by atoms with Crippen LogP contribution in [-0.2, 0) is 17.8 Å². The van der Waals surface area contributed by atoms with E-state index in [1.165, 1.54) is 6.07 Å². The van der Waals surface area contributed by atoms with Crippen molar-refractivity contribution in [2.75, 3.05) is 18.5 Å². The van der Waals surface area contributed by atoms with Crippen LogP contribution in [0.5, 0.6) is 5.75 Å². The van der Waals surface area contributed by atoms with Crippen molar-refractivity contribution in [1.82, 2.24) is 14.9 Å². The number of fused-ring (bicyclic) bond motifs is 2. The topological polar surface area (TPSA) is 84.4 Å². The second-order valence-electron chi connectivity index (χ2n) is 7.72. The molecule has 0 fully saturated rings. The highest BCUT2D eigenvalue weighted by atomic mass is 19.2. The SMILES string of the molecule is O=C(Nc1ncc2c(n1)CCN(C(=O)C1=Cc3ccccc3OC1)C2)c1ccc(F)c(F)c1. The number of rotatable bonds is 3. The Morgan fingerprint density at radius 2 is 1.94 bits per heavy atom. The average molecular weight is 448 g/mol. The molecule has 0 aliphatic carbocycles. The Kier molecular flexibility index (Phi) is 5.29. The summed E-state index contributed by atoms with van der Waals surface area (Å²) in [5.41, 5.74) is 2.89. The molecule has 0 saturated heterocycles. The number of nitrogens with zero attached hydrogens (tertiary/aromatic N) is 3. The number of hydrogen-bond acceptors (Lipinski definition) is 5. The van der Waals surface area contributed by atoms with Crippen LogP contribution >= 0.6 is 0 Å². The molecule has 9 heteroatoms. The van der Waals surface area contributed by atoms with Crippen LogP contribution in [0, 0.1) is 11.6 Å². The fraction of sp³-hybridized carbons (Fsp3) is 0.167. The van der Waals surface area contributed by atoms with Gasteiger partial charge in [-0.25, -0.2) is 18.7 Å². The number of para-hydroxylation sites is 1. The van der Waals surface area contributed by atoms with Crippen LogP contribution < -0.4 is 10.1 Å². The van der Waals surface area contributed by atoms with E-state index in [0.29, 0.717) is 30.8 Å². The third-order valence-electron chi connectivity index (χ3n) is 5.53. The number of carbonyl (C=O) groups excluding carboxylic acids is 2. The second-order valence-corrected chi connectivity index (χ2v) is 7.72. The molecule has 0 saturated carbocycles. The molecule has 7 nitrogen and oxygen atoms in total. The van der Waals surface area contributed by atoms with Gasteiger partial charge < -0.3 is 9.64 Å². The molecule has 0 bridgehead atoms. The lowest BCUT2D eigenvalue weighted by atomic mass is 10.0. The van der Waals surface area contributed by atoms with Crippen molar-refractivity contribution in [1.29, 1.82) is 0 Å². The van der Waals surface area contributed by atoms with Gasteiger partial charge in [-0.1, -0.05) is 18.2 Å². The van der Waals surface area contributed by atoms with E-state index in [1.54, 1.807) is 11.1 Å². The maximum atomic E-state index is 13.4. The molecule has 2 aliphatic rings. The van der Waals surface area contributed by atoms with Gasteiger partial charge in [-0.05, 0) is 30.3 Å². The van der Waals surface area contributed by atoms with E-state index >= 15 is 0 Å². The minimum atomic E-state index is -1.11. The maximum Gasteiger partial charge on any atom is 0.258 e. The van der Waals surface area contributed by atoms with Crippen LogP contribution in [0.2, 0.25) is 0 Å². The van der Waals surface area contributed by atoms with Gasteiger partial charge in [0.15, 0.2) is 11.6 Å². The lowest BCUT2D eigenvalue weighted by Gasteiger charge is -2.30. The molecule has 0 radical (unpaired) electrons. The van der Waals surface area contributed by atoms with Gasteiger partial charge in [0.25, 0.3) is 11.8 Å². The Balaban J connectivity index is 1.28. The Bertz CT molecular complexity index is 1310. The van der Waals surface area contributed by atoms with E-state index in [-0.39, 0.29) is 24.0 Å². The van der Waals surface area contributed by atoms with Crippen LogP contribution in [0.25, 0.3) is 6.08 Å². The molecule has 2 aliphatic heterocycles. The van der Waals surface area contributed by atoms with Crippen LogP contribution in [-0.4, -0.2) is 39.8 Å². The van der Waals surface area contributed by atoms with Gasteiger partial charge in [0, 0.05) is 42.4 Å². The fourth-order valence-electron chi connectivity index (χ4n) is 3.80. The van der Waals surface area contributed by atoms with Crippen LogP contribution in [0.15, 0.2) is 54.2 Å². The van der Waals surface area contributed by atoms with E-state index in [9.17, 15) is 18.4 Å². The van der Waals surface area contributed by atoms with E-state index in [0.717, 1.165) is 29.0 Å². The molecule has 2 aromatic carbocycles. The highest BCUT2D eigenvalue weighted by molar-refractivity contribution is 6.03. The van der Waals surface area contributed by atoms with Crippen molar-refractivity contribution in [3.8, 4) is 5.75 Å². The van der Waals surface area contributed by atoms with Crippen LogP contribution in [0.1, 0.15) is 27.2 Å². The normalized spacial score (nSPS) is 14.5. The number of halogens is 2. The fourth-order valence-corrected chi connectivity index (χ4v) is 3.80. The molecule has 3 heterocycles. The summed E-state index contributed by atoms with van der Waals surface area (Å²) in [4.78, 5) is 35.5. The second kappa shape index (κ2) is 8.42. The molecule has 33 heavy (non-hydrogen) atoms. The number of aromatic nitrogens is 2. The first-order chi connectivity index (χ1) is 16.0. The summed E-state index contributed by atoms with van der Waals surface area (Å²) in [6.07, 6.45) is 3.90. The minimum absolute atomic E-state index is 0.0449. The third kappa shape index (κ3) is 4.17. The quantitative estimate of drug-likeness (QED) is 0.664. The molecule has 0 spiro atoms. The monoisotopic (exact) mass is 448 g/mol. The Morgan fingerprint density at radius 3 is 2.79 bits per heavy atom. The number of anilines is 1. The zero-order valence-electron chi connectivity index (χ0n) is 17.3. The van der Waals surface area contributed by atoms with E-state index in [2.05, 4.69) is 15.3 Å². The van der Waals surface area contributed by atoms with E-state index < -0.39 is 17.5 Å². The summed E-state index contributed by atoms with van der Waals surface area (Å²) >= 11 is 0. The van der Waals surface area contributed by atoms with Crippen molar-refractivity contribution in [2.45, 2.75) is 13.0 Å². The first kappa shape index (κ1) is 20.7. The average Bonchev–Trinajstić information content (AvgIpc) is 2.84. The van der Waals surface area contributed by atoms with Gasteiger partial charge >= 0.3 is 0 Å². The molecule has 3 aromatic rings. The van der Waals surface area contributed by atoms with Crippen LogP contribution in [0.4, 0.5) is 14.7 Å². The van der Waals surface area contributed by atoms with E-state index in [1.807, 2.05) is 30.3 Å².